The molecule has 0 unspecified atom stereocenters. The largest absolute Gasteiger partial charge is 0.497 e. The van der Waals surface area contributed by atoms with Crippen molar-refractivity contribution in [2.45, 2.75) is 0 Å². The highest BCUT2D eigenvalue weighted by Gasteiger charge is 2.18. The highest BCUT2D eigenvalue weighted by Crippen LogP contribution is 2.32. The molecule has 8 heteroatoms. The molecule has 0 radical (unpaired) electrons. The number of hydrogen-bond acceptors (Lipinski definition) is 7. The average Bonchev–Trinajstić information content (AvgIpc) is 3.34. The molecule has 0 saturated heterocycles. The third kappa shape index (κ3) is 3.85. The summed E-state index contributed by atoms with van der Waals surface area (Å²) in [5.74, 6) is 2.38. The van der Waals surface area contributed by atoms with Gasteiger partial charge in [-0.1, -0.05) is 17.3 Å². The number of fused-ring (bicyclic) bond motifs is 1. The molecule has 32 heavy (non-hydrogen) atoms. The Balaban J connectivity index is 1.40. The number of nitrogens with zero attached hydrogens (tertiary/aromatic N) is 2. The van der Waals surface area contributed by atoms with Gasteiger partial charge in [-0.15, -0.1) is 0 Å². The van der Waals surface area contributed by atoms with Crippen LogP contribution in [0.25, 0.3) is 22.8 Å². The van der Waals surface area contributed by atoms with Gasteiger partial charge in [0.1, 0.15) is 19.0 Å². The highest BCUT2D eigenvalue weighted by molar-refractivity contribution is 6.06. The van der Waals surface area contributed by atoms with Crippen molar-refractivity contribution in [1.29, 1.82) is 0 Å². The molecule has 0 saturated carbocycles. The number of nitrogens with one attached hydrogen (secondary N) is 1. The fourth-order valence-corrected chi connectivity index (χ4v) is 3.35. The van der Waals surface area contributed by atoms with Crippen LogP contribution >= 0.6 is 0 Å². The van der Waals surface area contributed by atoms with Crippen molar-refractivity contribution < 1.29 is 23.5 Å². The van der Waals surface area contributed by atoms with Gasteiger partial charge < -0.3 is 24.1 Å². The molecule has 2 heterocycles. The lowest BCUT2D eigenvalue weighted by Gasteiger charge is -2.18. The van der Waals surface area contributed by atoms with E-state index in [-0.39, 0.29) is 5.91 Å². The average molecular weight is 429 g/mol. The van der Waals surface area contributed by atoms with Crippen LogP contribution in [0.15, 0.2) is 71.3 Å². The van der Waals surface area contributed by atoms with E-state index in [2.05, 4.69) is 15.5 Å². The molecule has 5 rings (SSSR count). The summed E-state index contributed by atoms with van der Waals surface area (Å²) >= 11 is 0. The van der Waals surface area contributed by atoms with Gasteiger partial charge >= 0.3 is 0 Å². The fourth-order valence-electron chi connectivity index (χ4n) is 3.35. The number of amides is 1. The Bertz CT molecular complexity index is 1270. The van der Waals surface area contributed by atoms with Crippen LogP contribution in [0.2, 0.25) is 0 Å². The standard InChI is InChI=1S/C24H19N3O5/c1-29-17-9-6-15(7-10-17)22-26-24(32-27-22)18-4-2-3-5-19(18)25-23(28)16-8-11-20-21(14-16)31-13-12-30-20/h2-11,14H,12-13H2,1H3,(H,25,28). The molecule has 1 N–H and O–H groups in total. The van der Waals surface area contributed by atoms with Crippen molar-refractivity contribution in [3.63, 3.8) is 0 Å². The van der Waals surface area contributed by atoms with Crippen molar-refractivity contribution in [2.24, 2.45) is 0 Å². The van der Waals surface area contributed by atoms with Crippen LogP contribution in [0.1, 0.15) is 10.4 Å². The monoisotopic (exact) mass is 429 g/mol. The quantitative estimate of drug-likeness (QED) is 0.501. The number of hydrogen-bond donors (Lipinski definition) is 1. The van der Waals surface area contributed by atoms with Gasteiger partial charge in [0.25, 0.3) is 11.8 Å². The molecule has 0 fully saturated rings. The molecule has 8 nitrogen and oxygen atoms in total. The molecule has 0 spiro atoms. The number of rotatable bonds is 5. The first-order valence-electron chi connectivity index (χ1n) is 10.00. The molecule has 1 aromatic heterocycles. The third-order valence-corrected chi connectivity index (χ3v) is 4.98. The van der Waals surface area contributed by atoms with Crippen molar-refractivity contribution in [1.82, 2.24) is 10.1 Å². The molecular formula is C24H19N3O5. The number of para-hydroxylation sites is 1. The van der Waals surface area contributed by atoms with E-state index in [0.29, 0.717) is 53.2 Å². The molecule has 1 amide bonds. The molecular weight excluding hydrogens is 410 g/mol. The Morgan fingerprint density at radius 3 is 2.56 bits per heavy atom. The summed E-state index contributed by atoms with van der Waals surface area (Å²) in [5, 5.41) is 6.99. The van der Waals surface area contributed by atoms with Crippen molar-refractivity contribution >= 4 is 11.6 Å². The predicted octanol–water partition coefficient (Wildman–Crippen LogP) is 4.44. The Hall–Kier alpha value is -4.33. The fraction of sp³-hybridized carbons (Fsp3) is 0.125. The summed E-state index contributed by atoms with van der Waals surface area (Å²) in [7, 11) is 1.61. The van der Waals surface area contributed by atoms with Crippen LogP contribution in [-0.4, -0.2) is 36.4 Å². The summed E-state index contributed by atoms with van der Waals surface area (Å²) in [4.78, 5) is 17.4. The van der Waals surface area contributed by atoms with Crippen LogP contribution in [0.3, 0.4) is 0 Å². The summed E-state index contributed by atoms with van der Waals surface area (Å²) < 4.78 is 21.7. The SMILES string of the molecule is COc1ccc(-c2noc(-c3ccccc3NC(=O)c3ccc4c(c3)OCCO4)n2)cc1. The third-order valence-electron chi connectivity index (χ3n) is 4.98. The second-order valence-electron chi connectivity index (χ2n) is 7.01. The van der Waals surface area contributed by atoms with Gasteiger partial charge in [0.05, 0.1) is 18.4 Å². The zero-order chi connectivity index (χ0) is 21.9. The maximum absolute atomic E-state index is 12.9. The van der Waals surface area contributed by atoms with Gasteiger partial charge in [0.2, 0.25) is 5.82 Å². The second-order valence-corrected chi connectivity index (χ2v) is 7.01. The van der Waals surface area contributed by atoms with E-state index in [9.17, 15) is 4.79 Å². The number of aromatic nitrogens is 2. The number of methoxy groups -OCH3 is 1. The maximum atomic E-state index is 12.9. The molecule has 160 valence electrons. The molecule has 0 bridgehead atoms. The molecule has 4 aromatic rings. The van der Waals surface area contributed by atoms with E-state index < -0.39 is 0 Å². The zero-order valence-corrected chi connectivity index (χ0v) is 17.2. The zero-order valence-electron chi connectivity index (χ0n) is 17.2. The Kier molecular flexibility index (Phi) is 5.17. The first kappa shape index (κ1) is 19.6. The molecule has 1 aliphatic heterocycles. The summed E-state index contributed by atoms with van der Waals surface area (Å²) in [6.45, 7) is 0.948. The van der Waals surface area contributed by atoms with Crippen LogP contribution in [0, 0.1) is 0 Å². The summed E-state index contributed by atoms with van der Waals surface area (Å²) in [5.41, 5.74) is 2.41. The number of ether oxygens (including phenoxy) is 3. The lowest BCUT2D eigenvalue weighted by atomic mass is 10.1. The number of anilines is 1. The van der Waals surface area contributed by atoms with Crippen LogP contribution in [0.5, 0.6) is 17.2 Å². The van der Waals surface area contributed by atoms with Crippen molar-refractivity contribution in [3.05, 3.63) is 72.3 Å². The van der Waals surface area contributed by atoms with E-state index in [1.165, 1.54) is 0 Å². The van der Waals surface area contributed by atoms with Gasteiger partial charge in [0.15, 0.2) is 11.5 Å². The smallest absolute Gasteiger partial charge is 0.260 e. The minimum absolute atomic E-state index is 0.288. The number of carbonyl (C=O) groups excluding carboxylic acids is 1. The van der Waals surface area contributed by atoms with Gasteiger partial charge in [-0.2, -0.15) is 4.98 Å². The lowest BCUT2D eigenvalue weighted by molar-refractivity contribution is 0.102. The predicted molar refractivity (Wildman–Crippen MR) is 117 cm³/mol. The highest BCUT2D eigenvalue weighted by atomic mass is 16.6. The Morgan fingerprint density at radius 1 is 0.969 bits per heavy atom. The lowest BCUT2D eigenvalue weighted by Crippen LogP contribution is -2.17. The first-order valence-corrected chi connectivity index (χ1v) is 10.00. The van der Waals surface area contributed by atoms with E-state index in [1.807, 2.05) is 42.5 Å². The first-order chi connectivity index (χ1) is 15.7. The Labute approximate surface area is 183 Å². The van der Waals surface area contributed by atoms with E-state index >= 15 is 0 Å². The number of carbonyl (C=O) groups is 1. The van der Waals surface area contributed by atoms with Crippen molar-refractivity contribution in [2.75, 3.05) is 25.6 Å². The Morgan fingerprint density at radius 2 is 1.75 bits per heavy atom. The van der Waals surface area contributed by atoms with Crippen LogP contribution in [-0.2, 0) is 0 Å². The topological polar surface area (TPSA) is 95.7 Å². The van der Waals surface area contributed by atoms with E-state index in [1.54, 1.807) is 31.4 Å². The minimum Gasteiger partial charge on any atom is -0.497 e. The second kappa shape index (κ2) is 8.43. The molecule has 0 aliphatic carbocycles. The van der Waals surface area contributed by atoms with E-state index in [4.69, 9.17) is 18.7 Å². The molecule has 1 aliphatic rings. The number of benzene rings is 3. The minimum atomic E-state index is -0.288. The summed E-state index contributed by atoms with van der Waals surface area (Å²) in [6.07, 6.45) is 0. The maximum Gasteiger partial charge on any atom is 0.260 e. The van der Waals surface area contributed by atoms with Crippen LogP contribution in [0.4, 0.5) is 5.69 Å². The summed E-state index contributed by atoms with van der Waals surface area (Å²) in [6, 6.07) is 19.7. The van der Waals surface area contributed by atoms with Gasteiger partial charge in [-0.3, -0.25) is 4.79 Å². The van der Waals surface area contributed by atoms with E-state index in [0.717, 1.165) is 11.3 Å². The molecule has 3 aromatic carbocycles. The van der Waals surface area contributed by atoms with Gasteiger partial charge in [-0.25, -0.2) is 0 Å². The van der Waals surface area contributed by atoms with Crippen molar-refractivity contribution in [3.8, 4) is 40.1 Å². The van der Waals surface area contributed by atoms with Gasteiger partial charge in [0, 0.05) is 11.1 Å². The molecule has 0 atom stereocenters. The van der Waals surface area contributed by atoms with Gasteiger partial charge in [-0.05, 0) is 54.6 Å². The van der Waals surface area contributed by atoms with Crippen LogP contribution < -0.4 is 19.5 Å². The normalized spacial score (nSPS) is 12.3.